The Morgan fingerprint density at radius 1 is 1.16 bits per heavy atom. The molecule has 0 aromatic rings. The van der Waals surface area contributed by atoms with Crippen LogP contribution in [0.1, 0.15) is 64.7 Å². The maximum Gasteiger partial charge on any atom is 0.243 e. The number of nitrogens with one attached hydrogen (secondary N) is 2. The first-order valence-electron chi connectivity index (χ1n) is 7.78. The first-order chi connectivity index (χ1) is 9.19. The SMILES string of the molecule is CCCC1CCCC(NC2CCC(=O)NC2=O)CC1. The first kappa shape index (κ1) is 14.5. The van der Waals surface area contributed by atoms with E-state index >= 15 is 0 Å². The Hall–Kier alpha value is -0.900. The minimum absolute atomic E-state index is 0.132. The summed E-state index contributed by atoms with van der Waals surface area (Å²) < 4.78 is 0. The Labute approximate surface area is 115 Å². The normalized spacial score (nSPS) is 32.8. The van der Waals surface area contributed by atoms with Crippen LogP contribution < -0.4 is 10.6 Å². The Bertz CT molecular complexity index is 330. The van der Waals surface area contributed by atoms with Crippen molar-refractivity contribution in [2.75, 3.05) is 0 Å². The standard InChI is InChI=1S/C15H26N2O2/c1-2-4-11-5-3-6-12(8-7-11)16-13-9-10-14(18)17-15(13)19/h11-13,16H,2-10H2,1H3,(H,17,18,19). The molecule has 3 atom stereocenters. The van der Waals surface area contributed by atoms with E-state index < -0.39 is 0 Å². The first-order valence-corrected chi connectivity index (χ1v) is 7.78. The molecule has 4 nitrogen and oxygen atoms in total. The van der Waals surface area contributed by atoms with E-state index in [4.69, 9.17) is 0 Å². The van der Waals surface area contributed by atoms with Gasteiger partial charge in [-0.25, -0.2) is 0 Å². The molecule has 1 aliphatic carbocycles. The predicted molar refractivity (Wildman–Crippen MR) is 74.6 cm³/mol. The van der Waals surface area contributed by atoms with Crippen LogP contribution in [0, 0.1) is 5.92 Å². The van der Waals surface area contributed by atoms with Gasteiger partial charge in [0.2, 0.25) is 11.8 Å². The maximum absolute atomic E-state index is 11.7. The quantitative estimate of drug-likeness (QED) is 0.605. The zero-order valence-corrected chi connectivity index (χ0v) is 11.9. The second-order valence-electron chi connectivity index (χ2n) is 6.03. The molecule has 0 spiro atoms. The Morgan fingerprint density at radius 2 is 2.00 bits per heavy atom. The summed E-state index contributed by atoms with van der Waals surface area (Å²) in [5.74, 6) is 0.607. The number of hydrogen-bond acceptors (Lipinski definition) is 3. The molecule has 108 valence electrons. The van der Waals surface area contributed by atoms with Crippen LogP contribution in [-0.4, -0.2) is 23.9 Å². The fraction of sp³-hybridized carbons (Fsp3) is 0.867. The molecule has 2 aliphatic rings. The van der Waals surface area contributed by atoms with Crippen LogP contribution in [0.15, 0.2) is 0 Å². The molecule has 19 heavy (non-hydrogen) atoms. The molecular formula is C15H26N2O2. The summed E-state index contributed by atoms with van der Waals surface area (Å²) in [5, 5.41) is 5.89. The van der Waals surface area contributed by atoms with E-state index in [0.717, 1.165) is 12.3 Å². The number of piperidine rings is 1. The number of imide groups is 1. The third-order valence-electron chi connectivity index (χ3n) is 4.46. The van der Waals surface area contributed by atoms with Crippen LogP contribution in [0.5, 0.6) is 0 Å². The number of rotatable bonds is 4. The van der Waals surface area contributed by atoms with E-state index in [-0.39, 0.29) is 17.9 Å². The molecule has 2 N–H and O–H groups in total. The predicted octanol–water partition coefficient (Wildman–Crippen LogP) is 2.13. The summed E-state index contributed by atoms with van der Waals surface area (Å²) in [6.45, 7) is 2.25. The van der Waals surface area contributed by atoms with Crippen molar-refractivity contribution in [2.45, 2.75) is 76.8 Å². The largest absolute Gasteiger partial charge is 0.303 e. The summed E-state index contributed by atoms with van der Waals surface area (Å²) in [7, 11) is 0. The molecule has 1 saturated heterocycles. The van der Waals surface area contributed by atoms with Crippen LogP contribution in [0.3, 0.4) is 0 Å². The highest BCUT2D eigenvalue weighted by atomic mass is 16.2. The van der Waals surface area contributed by atoms with Crippen molar-refractivity contribution in [1.82, 2.24) is 10.6 Å². The van der Waals surface area contributed by atoms with Gasteiger partial charge in [0, 0.05) is 12.5 Å². The van der Waals surface area contributed by atoms with Crippen LogP contribution >= 0.6 is 0 Å². The number of amides is 2. The molecule has 4 heteroatoms. The number of hydrogen-bond donors (Lipinski definition) is 2. The molecule has 1 saturated carbocycles. The highest BCUT2D eigenvalue weighted by molar-refractivity contribution is 6.00. The van der Waals surface area contributed by atoms with Crippen LogP contribution in [0.25, 0.3) is 0 Å². The Kier molecular flexibility index (Phi) is 5.37. The summed E-state index contributed by atoms with van der Waals surface area (Å²) in [6, 6.07) is 0.288. The van der Waals surface area contributed by atoms with Crippen LogP contribution in [-0.2, 0) is 9.59 Å². The van der Waals surface area contributed by atoms with Gasteiger partial charge in [-0.3, -0.25) is 14.9 Å². The number of carbonyl (C=O) groups excluding carboxylic acids is 2. The fourth-order valence-electron chi connectivity index (χ4n) is 3.38. The van der Waals surface area contributed by atoms with Gasteiger partial charge >= 0.3 is 0 Å². The maximum atomic E-state index is 11.7. The minimum atomic E-state index is -0.162. The summed E-state index contributed by atoms with van der Waals surface area (Å²) in [5.41, 5.74) is 0. The van der Waals surface area contributed by atoms with E-state index in [1.54, 1.807) is 0 Å². The van der Waals surface area contributed by atoms with E-state index in [1.165, 1.54) is 38.5 Å². The second kappa shape index (κ2) is 7.04. The molecule has 0 aromatic heterocycles. The van der Waals surface area contributed by atoms with E-state index in [0.29, 0.717) is 18.9 Å². The van der Waals surface area contributed by atoms with Crippen LogP contribution in [0.4, 0.5) is 0 Å². The van der Waals surface area contributed by atoms with Gasteiger partial charge in [0.1, 0.15) is 0 Å². The van der Waals surface area contributed by atoms with Crippen molar-refractivity contribution < 1.29 is 9.59 Å². The smallest absolute Gasteiger partial charge is 0.243 e. The lowest BCUT2D eigenvalue weighted by atomic mass is 9.95. The zero-order valence-electron chi connectivity index (χ0n) is 11.9. The third-order valence-corrected chi connectivity index (χ3v) is 4.46. The molecule has 3 unspecified atom stereocenters. The lowest BCUT2D eigenvalue weighted by Gasteiger charge is -2.26. The second-order valence-corrected chi connectivity index (χ2v) is 6.03. The van der Waals surface area contributed by atoms with Crippen molar-refractivity contribution in [1.29, 1.82) is 0 Å². The highest BCUT2D eigenvalue weighted by Gasteiger charge is 2.29. The van der Waals surface area contributed by atoms with E-state index in [1.807, 2.05) is 0 Å². The van der Waals surface area contributed by atoms with Gasteiger partial charge in [0.15, 0.2) is 0 Å². The third kappa shape index (κ3) is 4.30. The average Bonchev–Trinajstić information content (AvgIpc) is 2.59. The van der Waals surface area contributed by atoms with E-state index in [2.05, 4.69) is 17.6 Å². The van der Waals surface area contributed by atoms with Gasteiger partial charge in [-0.1, -0.05) is 32.6 Å². The van der Waals surface area contributed by atoms with Gasteiger partial charge < -0.3 is 5.32 Å². The molecule has 0 aromatic carbocycles. The molecular weight excluding hydrogens is 240 g/mol. The average molecular weight is 266 g/mol. The summed E-state index contributed by atoms with van der Waals surface area (Å²) in [4.78, 5) is 22.9. The van der Waals surface area contributed by atoms with Crippen LogP contribution in [0.2, 0.25) is 0 Å². The van der Waals surface area contributed by atoms with Crippen molar-refractivity contribution in [3.63, 3.8) is 0 Å². The zero-order chi connectivity index (χ0) is 13.7. The molecule has 2 rings (SSSR count). The van der Waals surface area contributed by atoms with Gasteiger partial charge in [0.25, 0.3) is 0 Å². The summed E-state index contributed by atoms with van der Waals surface area (Å²) >= 11 is 0. The Morgan fingerprint density at radius 3 is 2.74 bits per heavy atom. The topological polar surface area (TPSA) is 58.2 Å². The minimum Gasteiger partial charge on any atom is -0.303 e. The Balaban J connectivity index is 1.79. The molecule has 1 aliphatic heterocycles. The lowest BCUT2D eigenvalue weighted by molar-refractivity contribution is -0.134. The number of carbonyl (C=O) groups is 2. The van der Waals surface area contributed by atoms with Gasteiger partial charge in [-0.2, -0.15) is 0 Å². The highest BCUT2D eigenvalue weighted by Crippen LogP contribution is 2.27. The molecule has 0 bridgehead atoms. The van der Waals surface area contributed by atoms with Crippen molar-refractivity contribution in [2.24, 2.45) is 5.92 Å². The fourth-order valence-corrected chi connectivity index (χ4v) is 3.38. The summed E-state index contributed by atoms with van der Waals surface area (Å²) in [6.07, 6.45) is 9.94. The van der Waals surface area contributed by atoms with Crippen molar-refractivity contribution >= 4 is 11.8 Å². The van der Waals surface area contributed by atoms with Gasteiger partial charge in [-0.15, -0.1) is 0 Å². The van der Waals surface area contributed by atoms with Crippen molar-refractivity contribution in [3.8, 4) is 0 Å². The van der Waals surface area contributed by atoms with Gasteiger partial charge in [-0.05, 0) is 31.6 Å². The van der Waals surface area contributed by atoms with E-state index in [9.17, 15) is 9.59 Å². The van der Waals surface area contributed by atoms with Gasteiger partial charge in [0.05, 0.1) is 6.04 Å². The van der Waals surface area contributed by atoms with Crippen molar-refractivity contribution in [3.05, 3.63) is 0 Å². The molecule has 0 radical (unpaired) electrons. The molecule has 2 amide bonds. The molecule has 2 fully saturated rings. The lowest BCUT2D eigenvalue weighted by Crippen LogP contribution is -2.53. The monoisotopic (exact) mass is 266 g/mol. The molecule has 1 heterocycles.